The summed E-state index contributed by atoms with van der Waals surface area (Å²) in [6, 6.07) is 3.72. The molecule has 0 saturated heterocycles. The van der Waals surface area contributed by atoms with Crippen LogP contribution < -0.4 is 10.5 Å². The van der Waals surface area contributed by atoms with E-state index >= 15 is 0 Å². The first-order chi connectivity index (χ1) is 15.0. The average molecular weight is 440 g/mol. The SMILES string of the molecule is CCCCCC(N)C(=O)Oc1cc(C)c2c(c1)C[C@H]1[C@@]3(C)CCCC(C)(C)[C@@H]3CC[C@@]21C. The third kappa shape index (κ3) is 3.83. The van der Waals surface area contributed by atoms with E-state index in [9.17, 15) is 4.79 Å². The molecule has 4 rings (SSSR count). The van der Waals surface area contributed by atoms with Gasteiger partial charge in [-0.05, 0) is 102 Å². The van der Waals surface area contributed by atoms with Gasteiger partial charge in [0.15, 0.2) is 0 Å². The molecule has 2 saturated carbocycles. The maximum absolute atomic E-state index is 12.6. The minimum absolute atomic E-state index is 0.233. The van der Waals surface area contributed by atoms with Gasteiger partial charge in [0, 0.05) is 0 Å². The summed E-state index contributed by atoms with van der Waals surface area (Å²) in [5.74, 6) is 1.87. The summed E-state index contributed by atoms with van der Waals surface area (Å²) >= 11 is 0. The van der Waals surface area contributed by atoms with Crippen molar-refractivity contribution >= 4 is 5.97 Å². The Kier molecular flexibility index (Phi) is 6.29. The van der Waals surface area contributed by atoms with E-state index in [2.05, 4.69) is 53.7 Å². The van der Waals surface area contributed by atoms with Crippen molar-refractivity contribution < 1.29 is 9.53 Å². The lowest BCUT2D eigenvalue weighted by Crippen LogP contribution is -2.55. The van der Waals surface area contributed by atoms with Gasteiger partial charge in [-0.25, -0.2) is 4.79 Å². The molecule has 0 bridgehead atoms. The Hall–Kier alpha value is -1.35. The van der Waals surface area contributed by atoms with Gasteiger partial charge in [-0.15, -0.1) is 0 Å². The molecule has 3 aliphatic rings. The van der Waals surface area contributed by atoms with Gasteiger partial charge in [0.05, 0.1) is 0 Å². The van der Waals surface area contributed by atoms with E-state index in [0.29, 0.717) is 28.9 Å². The maximum atomic E-state index is 12.6. The Labute approximate surface area is 195 Å². The highest BCUT2D eigenvalue weighted by atomic mass is 16.5. The zero-order valence-corrected chi connectivity index (χ0v) is 21.4. The second-order valence-electron chi connectivity index (χ2n) is 12.4. The topological polar surface area (TPSA) is 52.3 Å². The number of fused-ring (bicyclic) bond motifs is 5. The summed E-state index contributed by atoms with van der Waals surface area (Å²) in [5, 5.41) is 0. The largest absolute Gasteiger partial charge is 0.425 e. The molecule has 1 aromatic rings. The first-order valence-electron chi connectivity index (χ1n) is 13.1. The molecule has 0 amide bonds. The van der Waals surface area contributed by atoms with Crippen molar-refractivity contribution in [3.63, 3.8) is 0 Å². The molecule has 2 fully saturated rings. The van der Waals surface area contributed by atoms with Gasteiger partial charge in [0.2, 0.25) is 0 Å². The second kappa shape index (κ2) is 8.46. The van der Waals surface area contributed by atoms with Crippen molar-refractivity contribution in [2.45, 2.75) is 117 Å². The first-order valence-corrected chi connectivity index (χ1v) is 13.1. The molecule has 0 heterocycles. The summed E-state index contributed by atoms with van der Waals surface area (Å²) in [6.07, 6.45) is 11.7. The molecular weight excluding hydrogens is 394 g/mol. The molecule has 178 valence electrons. The van der Waals surface area contributed by atoms with E-state index in [4.69, 9.17) is 10.5 Å². The molecule has 3 nitrogen and oxygen atoms in total. The fourth-order valence-corrected chi connectivity index (χ4v) is 8.41. The molecule has 1 unspecified atom stereocenters. The summed E-state index contributed by atoms with van der Waals surface area (Å²) in [5.41, 5.74) is 11.4. The number of carbonyl (C=O) groups excluding carboxylic acids is 1. The summed E-state index contributed by atoms with van der Waals surface area (Å²) in [7, 11) is 0. The normalized spacial score (nSPS) is 33.7. The van der Waals surface area contributed by atoms with Crippen LogP contribution in [0.25, 0.3) is 0 Å². The quantitative estimate of drug-likeness (QED) is 0.299. The van der Waals surface area contributed by atoms with Crippen molar-refractivity contribution in [3.05, 3.63) is 28.8 Å². The molecule has 1 aromatic carbocycles. The van der Waals surface area contributed by atoms with Crippen LogP contribution in [0.15, 0.2) is 12.1 Å². The number of esters is 1. The van der Waals surface area contributed by atoms with Gasteiger partial charge in [-0.2, -0.15) is 0 Å². The highest BCUT2D eigenvalue weighted by Gasteiger charge is 2.61. The Morgan fingerprint density at radius 1 is 1.12 bits per heavy atom. The summed E-state index contributed by atoms with van der Waals surface area (Å²) in [4.78, 5) is 12.6. The molecular formula is C29H45NO2. The zero-order chi connectivity index (χ0) is 23.3. The van der Waals surface area contributed by atoms with Crippen LogP contribution in [0.2, 0.25) is 0 Å². The molecule has 3 heteroatoms. The van der Waals surface area contributed by atoms with Crippen LogP contribution in [0.5, 0.6) is 5.75 Å². The Morgan fingerprint density at radius 2 is 1.88 bits per heavy atom. The van der Waals surface area contributed by atoms with Gasteiger partial charge in [0.1, 0.15) is 11.8 Å². The fraction of sp³-hybridized carbons (Fsp3) is 0.759. The fourth-order valence-electron chi connectivity index (χ4n) is 8.41. The highest BCUT2D eigenvalue weighted by Crippen LogP contribution is 2.67. The lowest BCUT2D eigenvalue weighted by Gasteiger charge is -2.61. The minimum atomic E-state index is -0.528. The monoisotopic (exact) mass is 439 g/mol. The van der Waals surface area contributed by atoms with E-state index in [0.717, 1.165) is 31.6 Å². The lowest BCUT2D eigenvalue weighted by atomic mass is 9.43. The third-order valence-corrected chi connectivity index (χ3v) is 9.82. The summed E-state index contributed by atoms with van der Waals surface area (Å²) in [6.45, 7) is 14.5. The second-order valence-corrected chi connectivity index (χ2v) is 12.4. The number of aryl methyl sites for hydroxylation is 1. The van der Waals surface area contributed by atoms with Crippen LogP contribution in [-0.2, 0) is 16.6 Å². The minimum Gasteiger partial charge on any atom is -0.425 e. The number of benzene rings is 1. The number of nitrogens with two attached hydrogens (primary N) is 1. The van der Waals surface area contributed by atoms with Crippen LogP contribution in [-0.4, -0.2) is 12.0 Å². The van der Waals surface area contributed by atoms with E-state index in [1.807, 2.05) is 0 Å². The molecule has 5 atom stereocenters. The van der Waals surface area contributed by atoms with Gasteiger partial charge in [-0.1, -0.05) is 60.3 Å². The number of hydrogen-bond donors (Lipinski definition) is 1. The van der Waals surface area contributed by atoms with Crippen LogP contribution >= 0.6 is 0 Å². The molecule has 0 aliphatic heterocycles. The van der Waals surface area contributed by atoms with Crippen molar-refractivity contribution in [2.24, 2.45) is 28.4 Å². The summed E-state index contributed by atoms with van der Waals surface area (Å²) < 4.78 is 5.80. The first kappa shape index (κ1) is 23.8. The van der Waals surface area contributed by atoms with Crippen molar-refractivity contribution in [1.29, 1.82) is 0 Å². The van der Waals surface area contributed by atoms with Crippen LogP contribution in [0, 0.1) is 29.6 Å². The van der Waals surface area contributed by atoms with Gasteiger partial charge in [0.25, 0.3) is 0 Å². The molecule has 3 aliphatic carbocycles. The predicted molar refractivity (Wildman–Crippen MR) is 132 cm³/mol. The molecule has 2 N–H and O–H groups in total. The lowest BCUT2D eigenvalue weighted by molar-refractivity contribution is -0.136. The molecule has 32 heavy (non-hydrogen) atoms. The Morgan fingerprint density at radius 3 is 2.59 bits per heavy atom. The van der Waals surface area contributed by atoms with E-state index in [1.165, 1.54) is 48.8 Å². The zero-order valence-electron chi connectivity index (χ0n) is 21.4. The number of ether oxygens (including phenoxy) is 1. The van der Waals surface area contributed by atoms with Crippen LogP contribution in [0.4, 0.5) is 0 Å². The number of unbranched alkanes of at least 4 members (excludes halogenated alkanes) is 2. The average Bonchev–Trinajstić information content (AvgIpc) is 3.01. The van der Waals surface area contributed by atoms with Gasteiger partial charge >= 0.3 is 5.97 Å². The third-order valence-electron chi connectivity index (χ3n) is 9.82. The number of hydrogen-bond acceptors (Lipinski definition) is 3. The van der Waals surface area contributed by atoms with Crippen LogP contribution in [0.3, 0.4) is 0 Å². The van der Waals surface area contributed by atoms with Gasteiger partial charge < -0.3 is 10.5 Å². The Balaban J connectivity index is 1.58. The predicted octanol–water partition coefficient (Wildman–Crippen LogP) is 6.86. The van der Waals surface area contributed by atoms with E-state index < -0.39 is 6.04 Å². The smallest absolute Gasteiger partial charge is 0.328 e. The van der Waals surface area contributed by atoms with Crippen molar-refractivity contribution in [2.75, 3.05) is 0 Å². The van der Waals surface area contributed by atoms with Crippen LogP contribution in [0.1, 0.15) is 109 Å². The molecule has 0 radical (unpaired) electrons. The van der Waals surface area contributed by atoms with Crippen molar-refractivity contribution in [1.82, 2.24) is 0 Å². The number of carbonyl (C=O) groups is 1. The van der Waals surface area contributed by atoms with E-state index in [-0.39, 0.29) is 11.4 Å². The highest BCUT2D eigenvalue weighted by molar-refractivity contribution is 5.78. The standard InChI is InChI=1S/C29H45NO2/c1-7-8-9-11-22(30)26(31)32-21-16-19(2)25-20(17-21)18-24-28(5)14-10-13-27(3,4)23(28)12-15-29(24,25)6/h16-17,22-24H,7-15,18,30H2,1-6H3/t22?,23-,24-,28-,29+/m0/s1. The number of rotatable bonds is 6. The van der Waals surface area contributed by atoms with Gasteiger partial charge in [-0.3, -0.25) is 0 Å². The molecule has 0 spiro atoms. The van der Waals surface area contributed by atoms with E-state index in [1.54, 1.807) is 0 Å². The Bertz CT molecular complexity index is 874. The maximum Gasteiger partial charge on any atom is 0.328 e. The molecule has 0 aromatic heterocycles. The van der Waals surface area contributed by atoms with Crippen molar-refractivity contribution in [3.8, 4) is 5.75 Å².